The van der Waals surface area contributed by atoms with E-state index in [4.69, 9.17) is 9.47 Å². The molecule has 0 bridgehead atoms. The summed E-state index contributed by atoms with van der Waals surface area (Å²) in [6.07, 6.45) is 9.97. The lowest BCUT2D eigenvalue weighted by Crippen LogP contribution is -2.61. The third-order valence-electron chi connectivity index (χ3n) is 4.72. The first kappa shape index (κ1) is 11.9. The lowest BCUT2D eigenvalue weighted by atomic mass is 9.80. The minimum Gasteiger partial charge on any atom is -0.381 e. The highest BCUT2D eigenvalue weighted by Crippen LogP contribution is 2.40. The summed E-state index contributed by atoms with van der Waals surface area (Å²) in [5.41, 5.74) is 0.229. The fraction of sp³-hybridized carbons (Fsp3) is 1.00. The first-order chi connectivity index (χ1) is 8.33. The van der Waals surface area contributed by atoms with E-state index in [2.05, 4.69) is 5.32 Å². The van der Waals surface area contributed by atoms with Gasteiger partial charge in [-0.05, 0) is 25.7 Å². The Morgan fingerprint density at radius 3 is 2.24 bits per heavy atom. The van der Waals surface area contributed by atoms with Crippen molar-refractivity contribution >= 4 is 0 Å². The van der Waals surface area contributed by atoms with Gasteiger partial charge in [-0.3, -0.25) is 0 Å². The Hall–Kier alpha value is -0.120. The third kappa shape index (κ3) is 2.51. The molecule has 0 aromatic rings. The second kappa shape index (κ2) is 4.87. The molecule has 2 aliphatic heterocycles. The zero-order valence-corrected chi connectivity index (χ0v) is 10.8. The summed E-state index contributed by atoms with van der Waals surface area (Å²) in [5.74, 6) is 0. The second-order valence-corrected chi connectivity index (χ2v) is 6.10. The predicted octanol–water partition coefficient (Wildman–Crippen LogP) is 2.25. The lowest BCUT2D eigenvalue weighted by Gasteiger charge is -2.50. The van der Waals surface area contributed by atoms with Crippen LogP contribution in [-0.4, -0.2) is 37.5 Å². The normalized spacial score (nSPS) is 38.1. The van der Waals surface area contributed by atoms with Crippen molar-refractivity contribution in [2.24, 2.45) is 0 Å². The predicted molar refractivity (Wildman–Crippen MR) is 67.2 cm³/mol. The highest BCUT2D eigenvalue weighted by Gasteiger charge is 2.45. The maximum absolute atomic E-state index is 6.68. The molecule has 1 atom stereocenters. The van der Waals surface area contributed by atoms with Gasteiger partial charge < -0.3 is 14.8 Å². The van der Waals surface area contributed by atoms with Crippen LogP contribution in [0, 0.1) is 0 Å². The second-order valence-electron chi connectivity index (χ2n) is 6.10. The number of morpholine rings is 1. The van der Waals surface area contributed by atoms with Crippen molar-refractivity contribution in [3.8, 4) is 0 Å². The average Bonchev–Trinajstić information content (AvgIpc) is 2.56. The van der Waals surface area contributed by atoms with Crippen LogP contribution in [0.2, 0.25) is 0 Å². The van der Waals surface area contributed by atoms with E-state index in [1.54, 1.807) is 0 Å². The van der Waals surface area contributed by atoms with Gasteiger partial charge in [0.05, 0.1) is 11.2 Å². The first-order valence-electron chi connectivity index (χ1n) is 7.31. The molecule has 0 aromatic heterocycles. The van der Waals surface area contributed by atoms with Crippen LogP contribution in [0.3, 0.4) is 0 Å². The summed E-state index contributed by atoms with van der Waals surface area (Å²) in [5, 5.41) is 3.65. The van der Waals surface area contributed by atoms with Gasteiger partial charge >= 0.3 is 0 Å². The van der Waals surface area contributed by atoms with Crippen LogP contribution in [0.25, 0.3) is 0 Å². The number of hydrogen-bond donors (Lipinski definition) is 1. The minimum atomic E-state index is 0.0755. The molecule has 0 aromatic carbocycles. The van der Waals surface area contributed by atoms with E-state index in [-0.39, 0.29) is 11.2 Å². The summed E-state index contributed by atoms with van der Waals surface area (Å²) >= 11 is 0. The molecule has 2 heterocycles. The van der Waals surface area contributed by atoms with E-state index in [9.17, 15) is 0 Å². The van der Waals surface area contributed by atoms with Crippen LogP contribution in [-0.2, 0) is 9.47 Å². The van der Waals surface area contributed by atoms with Crippen molar-refractivity contribution in [1.82, 2.24) is 5.32 Å². The van der Waals surface area contributed by atoms with Crippen LogP contribution in [0.15, 0.2) is 0 Å². The van der Waals surface area contributed by atoms with Crippen LogP contribution >= 0.6 is 0 Å². The maximum atomic E-state index is 6.68. The Kier molecular flexibility index (Phi) is 3.42. The van der Waals surface area contributed by atoms with Crippen molar-refractivity contribution in [3.05, 3.63) is 0 Å². The van der Waals surface area contributed by atoms with Crippen molar-refractivity contribution in [3.63, 3.8) is 0 Å². The Bertz CT molecular complexity index is 247. The van der Waals surface area contributed by atoms with Crippen LogP contribution in [0.4, 0.5) is 0 Å². The Balaban J connectivity index is 1.72. The molecule has 0 radical (unpaired) electrons. The Labute approximate surface area is 104 Å². The van der Waals surface area contributed by atoms with Crippen molar-refractivity contribution in [2.75, 3.05) is 26.3 Å². The quantitative estimate of drug-likeness (QED) is 0.703. The molecule has 98 valence electrons. The van der Waals surface area contributed by atoms with Gasteiger partial charge in [0.25, 0.3) is 0 Å². The highest BCUT2D eigenvalue weighted by atomic mass is 16.5. The minimum absolute atomic E-state index is 0.0755. The Morgan fingerprint density at radius 2 is 1.41 bits per heavy atom. The summed E-state index contributed by atoms with van der Waals surface area (Å²) in [6.45, 7) is 3.88. The van der Waals surface area contributed by atoms with E-state index >= 15 is 0 Å². The molecule has 3 fully saturated rings. The van der Waals surface area contributed by atoms with Crippen LogP contribution < -0.4 is 5.32 Å². The van der Waals surface area contributed by atoms with E-state index in [0.717, 1.165) is 39.1 Å². The number of rotatable bonds is 0. The largest absolute Gasteiger partial charge is 0.381 e. The average molecular weight is 239 g/mol. The molecule has 1 aliphatic carbocycles. The lowest BCUT2D eigenvalue weighted by molar-refractivity contribution is -0.196. The Morgan fingerprint density at radius 1 is 0.706 bits per heavy atom. The highest BCUT2D eigenvalue weighted by molar-refractivity contribution is 4.98. The summed E-state index contributed by atoms with van der Waals surface area (Å²) < 4.78 is 12.3. The molecule has 2 spiro atoms. The molecule has 3 heteroatoms. The van der Waals surface area contributed by atoms with E-state index in [1.807, 2.05) is 0 Å². The molecule has 1 saturated carbocycles. The zero-order chi connectivity index (χ0) is 11.6. The van der Waals surface area contributed by atoms with Crippen molar-refractivity contribution in [2.45, 2.75) is 62.6 Å². The van der Waals surface area contributed by atoms with Crippen LogP contribution in [0.1, 0.15) is 51.4 Å². The van der Waals surface area contributed by atoms with Gasteiger partial charge in [-0.1, -0.05) is 19.3 Å². The molecule has 0 amide bonds. The summed E-state index contributed by atoms with van der Waals surface area (Å²) in [4.78, 5) is 0. The zero-order valence-electron chi connectivity index (χ0n) is 10.8. The standard InChI is InChI=1S/C14H25NO2/c1-2-5-13(6-3-1)11-15-12-14(17-13)7-4-9-16-10-8-14/h15H,1-12H2. The van der Waals surface area contributed by atoms with Gasteiger partial charge in [-0.2, -0.15) is 0 Å². The fourth-order valence-corrected chi connectivity index (χ4v) is 3.78. The van der Waals surface area contributed by atoms with E-state index in [0.29, 0.717) is 0 Å². The molecular weight excluding hydrogens is 214 g/mol. The fourth-order valence-electron chi connectivity index (χ4n) is 3.78. The molecule has 2 saturated heterocycles. The molecule has 3 aliphatic rings. The first-order valence-corrected chi connectivity index (χ1v) is 7.31. The molecule has 1 unspecified atom stereocenters. The monoisotopic (exact) mass is 239 g/mol. The van der Waals surface area contributed by atoms with Crippen molar-refractivity contribution < 1.29 is 9.47 Å². The third-order valence-corrected chi connectivity index (χ3v) is 4.72. The topological polar surface area (TPSA) is 30.5 Å². The maximum Gasteiger partial charge on any atom is 0.0837 e. The van der Waals surface area contributed by atoms with Gasteiger partial charge in [-0.25, -0.2) is 0 Å². The smallest absolute Gasteiger partial charge is 0.0837 e. The number of ether oxygens (including phenoxy) is 2. The number of hydrogen-bond acceptors (Lipinski definition) is 3. The van der Waals surface area contributed by atoms with E-state index < -0.39 is 0 Å². The molecule has 3 rings (SSSR count). The molecule has 17 heavy (non-hydrogen) atoms. The van der Waals surface area contributed by atoms with Gasteiger partial charge in [0.1, 0.15) is 0 Å². The SMILES string of the molecule is C1CCC2(CC1)CNCC1(CCCOCC1)O2. The molecule has 1 N–H and O–H groups in total. The van der Waals surface area contributed by atoms with E-state index in [1.165, 1.54) is 38.5 Å². The van der Waals surface area contributed by atoms with Gasteiger partial charge in [0.15, 0.2) is 0 Å². The van der Waals surface area contributed by atoms with Crippen LogP contribution in [0.5, 0.6) is 0 Å². The van der Waals surface area contributed by atoms with Gasteiger partial charge in [-0.15, -0.1) is 0 Å². The van der Waals surface area contributed by atoms with Gasteiger partial charge in [0, 0.05) is 32.7 Å². The van der Waals surface area contributed by atoms with Gasteiger partial charge in [0.2, 0.25) is 0 Å². The number of nitrogens with one attached hydrogen (secondary N) is 1. The summed E-state index contributed by atoms with van der Waals surface area (Å²) in [6, 6.07) is 0. The molecule has 3 nitrogen and oxygen atoms in total. The van der Waals surface area contributed by atoms with Crippen molar-refractivity contribution in [1.29, 1.82) is 0 Å². The molecular formula is C14H25NO2. The summed E-state index contributed by atoms with van der Waals surface area (Å²) in [7, 11) is 0.